The highest BCUT2D eigenvalue weighted by Gasteiger charge is 2.48. The van der Waals surface area contributed by atoms with Gasteiger partial charge < -0.3 is 4.42 Å². The molecule has 0 unspecified atom stereocenters. The van der Waals surface area contributed by atoms with E-state index in [-0.39, 0.29) is 0 Å². The SMILES string of the molecule is c1ccc(C2(c3nc(-c4ccc5ccccc5c4)nc(-c4ccc5c(c4)oc4ccccc45)n3)c3ccccc3-c3ccccc32)cc1. The molecule has 4 nitrogen and oxygen atoms in total. The van der Waals surface area contributed by atoms with E-state index in [2.05, 4.69) is 146 Å². The predicted molar refractivity (Wildman–Crippen MR) is 193 cm³/mol. The molecule has 1 aliphatic carbocycles. The van der Waals surface area contributed by atoms with Crippen LogP contribution in [0.25, 0.3) is 66.6 Å². The van der Waals surface area contributed by atoms with Crippen molar-refractivity contribution >= 4 is 32.7 Å². The van der Waals surface area contributed by atoms with Crippen LogP contribution in [0.3, 0.4) is 0 Å². The fourth-order valence-electron chi connectivity index (χ4n) is 7.60. The van der Waals surface area contributed by atoms with Crippen LogP contribution in [0.5, 0.6) is 0 Å². The molecule has 224 valence electrons. The van der Waals surface area contributed by atoms with Crippen molar-refractivity contribution in [2.75, 3.05) is 0 Å². The molecule has 4 heteroatoms. The van der Waals surface area contributed by atoms with E-state index in [9.17, 15) is 0 Å². The van der Waals surface area contributed by atoms with Crippen LogP contribution in [0.15, 0.2) is 168 Å². The highest BCUT2D eigenvalue weighted by molar-refractivity contribution is 6.05. The van der Waals surface area contributed by atoms with Crippen LogP contribution < -0.4 is 0 Å². The van der Waals surface area contributed by atoms with Gasteiger partial charge in [-0.25, -0.2) is 15.0 Å². The minimum Gasteiger partial charge on any atom is -0.456 e. The van der Waals surface area contributed by atoms with E-state index < -0.39 is 5.41 Å². The molecule has 0 spiro atoms. The van der Waals surface area contributed by atoms with Crippen molar-refractivity contribution in [3.63, 3.8) is 0 Å². The Hall–Kier alpha value is -6.39. The summed E-state index contributed by atoms with van der Waals surface area (Å²) in [7, 11) is 0. The first-order valence-corrected chi connectivity index (χ1v) is 16.2. The lowest BCUT2D eigenvalue weighted by molar-refractivity contribution is 0.669. The molecule has 0 radical (unpaired) electrons. The van der Waals surface area contributed by atoms with Gasteiger partial charge in [0.15, 0.2) is 17.5 Å². The van der Waals surface area contributed by atoms with Gasteiger partial charge in [-0.1, -0.05) is 140 Å². The zero-order valence-electron chi connectivity index (χ0n) is 25.8. The van der Waals surface area contributed by atoms with Crippen molar-refractivity contribution in [2.45, 2.75) is 5.41 Å². The average Bonchev–Trinajstić information content (AvgIpc) is 3.68. The average molecular weight is 614 g/mol. The van der Waals surface area contributed by atoms with E-state index in [1.54, 1.807) is 0 Å². The number of rotatable bonds is 4. The molecule has 2 heterocycles. The first-order chi connectivity index (χ1) is 23.8. The molecule has 7 aromatic carbocycles. The van der Waals surface area contributed by atoms with Gasteiger partial charge in [0.1, 0.15) is 16.6 Å². The van der Waals surface area contributed by atoms with Crippen molar-refractivity contribution in [1.82, 2.24) is 15.0 Å². The topological polar surface area (TPSA) is 51.8 Å². The van der Waals surface area contributed by atoms with Crippen molar-refractivity contribution in [3.05, 3.63) is 186 Å². The molecule has 10 rings (SSSR count). The van der Waals surface area contributed by atoms with Gasteiger partial charge in [-0.05, 0) is 62.9 Å². The lowest BCUT2D eigenvalue weighted by atomic mass is 9.71. The Morgan fingerprint density at radius 3 is 1.77 bits per heavy atom. The standard InChI is InChI=1S/C44H27N3O/c1-2-14-32(15-3-1)44(37-19-9-6-16-33(37)34-17-7-10-20-38(34)44)43-46-41(30-23-22-28-12-4-5-13-29(28)26-30)45-42(47-43)31-24-25-36-35-18-8-11-21-39(35)48-40(36)27-31/h1-27H. The van der Waals surface area contributed by atoms with Crippen LogP contribution in [0.1, 0.15) is 22.5 Å². The molecule has 0 saturated carbocycles. The zero-order valence-corrected chi connectivity index (χ0v) is 25.8. The quantitative estimate of drug-likeness (QED) is 0.198. The number of aromatic nitrogens is 3. The second-order valence-corrected chi connectivity index (χ2v) is 12.4. The summed E-state index contributed by atoms with van der Waals surface area (Å²) in [6.45, 7) is 0. The predicted octanol–water partition coefficient (Wildman–Crippen LogP) is 10.6. The molecule has 0 N–H and O–H groups in total. The van der Waals surface area contributed by atoms with Crippen LogP contribution in [-0.4, -0.2) is 15.0 Å². The molecule has 0 fully saturated rings. The third-order valence-corrected chi connectivity index (χ3v) is 9.77. The fourth-order valence-corrected chi connectivity index (χ4v) is 7.60. The molecule has 48 heavy (non-hydrogen) atoms. The van der Waals surface area contributed by atoms with Gasteiger partial charge in [0.25, 0.3) is 0 Å². The summed E-state index contributed by atoms with van der Waals surface area (Å²) >= 11 is 0. The first-order valence-electron chi connectivity index (χ1n) is 16.2. The molecule has 0 amide bonds. The van der Waals surface area contributed by atoms with Crippen molar-refractivity contribution < 1.29 is 4.42 Å². The molecule has 0 aliphatic heterocycles. The Morgan fingerprint density at radius 1 is 0.417 bits per heavy atom. The maximum atomic E-state index is 6.32. The molecule has 0 atom stereocenters. The molecule has 0 bridgehead atoms. The van der Waals surface area contributed by atoms with Gasteiger partial charge >= 0.3 is 0 Å². The lowest BCUT2D eigenvalue weighted by Gasteiger charge is -2.31. The van der Waals surface area contributed by atoms with E-state index in [1.165, 1.54) is 16.5 Å². The van der Waals surface area contributed by atoms with Crippen LogP contribution in [0.2, 0.25) is 0 Å². The van der Waals surface area contributed by atoms with Crippen molar-refractivity contribution in [2.24, 2.45) is 0 Å². The summed E-state index contributed by atoms with van der Waals surface area (Å²) in [6, 6.07) is 57.2. The van der Waals surface area contributed by atoms with Gasteiger partial charge in [0.05, 0.1) is 0 Å². The number of benzene rings is 7. The van der Waals surface area contributed by atoms with Crippen LogP contribution in [0.4, 0.5) is 0 Å². The van der Waals surface area contributed by atoms with Gasteiger partial charge in [-0.2, -0.15) is 0 Å². The van der Waals surface area contributed by atoms with Crippen LogP contribution in [-0.2, 0) is 5.41 Å². The Bertz CT molecular complexity index is 2650. The molecular formula is C44H27N3O. The zero-order chi connectivity index (χ0) is 31.7. The smallest absolute Gasteiger partial charge is 0.163 e. The summed E-state index contributed by atoms with van der Waals surface area (Å²) < 4.78 is 6.32. The molecule has 1 aliphatic rings. The summed E-state index contributed by atoms with van der Waals surface area (Å²) in [5.74, 6) is 1.91. The van der Waals surface area contributed by atoms with E-state index in [0.717, 1.165) is 55.1 Å². The summed E-state index contributed by atoms with van der Waals surface area (Å²) in [5, 5.41) is 4.47. The molecule has 0 saturated heterocycles. The Kier molecular flexibility index (Phi) is 5.75. The van der Waals surface area contributed by atoms with Crippen LogP contribution in [0, 0.1) is 0 Å². The molecule has 2 aromatic heterocycles. The second-order valence-electron chi connectivity index (χ2n) is 12.4. The Balaban J connectivity index is 1.30. The van der Waals surface area contributed by atoms with Gasteiger partial charge in [0, 0.05) is 21.9 Å². The van der Waals surface area contributed by atoms with Crippen molar-refractivity contribution in [1.29, 1.82) is 0 Å². The number of para-hydroxylation sites is 1. The minimum absolute atomic E-state index is 0.600. The van der Waals surface area contributed by atoms with E-state index in [0.29, 0.717) is 17.5 Å². The highest BCUT2D eigenvalue weighted by Crippen LogP contribution is 2.55. The lowest BCUT2D eigenvalue weighted by Crippen LogP contribution is -2.31. The second kappa shape index (κ2) is 10.3. The highest BCUT2D eigenvalue weighted by atomic mass is 16.3. The molecule has 9 aromatic rings. The minimum atomic E-state index is -0.763. The van der Waals surface area contributed by atoms with Gasteiger partial charge in [-0.3, -0.25) is 0 Å². The number of furan rings is 1. The number of hydrogen-bond donors (Lipinski definition) is 0. The van der Waals surface area contributed by atoms with Crippen molar-refractivity contribution in [3.8, 4) is 33.9 Å². The van der Waals surface area contributed by atoms with Crippen LogP contribution >= 0.6 is 0 Å². The Labute approximate surface area is 277 Å². The Morgan fingerprint density at radius 2 is 1.00 bits per heavy atom. The molecular weight excluding hydrogens is 587 g/mol. The first kappa shape index (κ1) is 26.8. The van der Waals surface area contributed by atoms with Gasteiger partial charge in [-0.15, -0.1) is 0 Å². The largest absolute Gasteiger partial charge is 0.456 e. The normalized spacial score (nSPS) is 13.2. The summed E-state index contributed by atoms with van der Waals surface area (Å²) in [5.41, 5.74) is 8.51. The monoisotopic (exact) mass is 613 g/mol. The number of nitrogens with zero attached hydrogens (tertiary/aromatic N) is 3. The number of hydrogen-bond acceptors (Lipinski definition) is 4. The maximum Gasteiger partial charge on any atom is 0.163 e. The van der Waals surface area contributed by atoms with E-state index in [4.69, 9.17) is 19.4 Å². The fraction of sp³-hybridized carbons (Fsp3) is 0.0227. The third kappa shape index (κ3) is 3.86. The number of fused-ring (bicyclic) bond motifs is 7. The summed E-state index contributed by atoms with van der Waals surface area (Å²) in [6.07, 6.45) is 0. The summed E-state index contributed by atoms with van der Waals surface area (Å²) in [4.78, 5) is 16.0. The maximum absolute atomic E-state index is 6.32. The van der Waals surface area contributed by atoms with E-state index in [1.807, 2.05) is 18.2 Å². The third-order valence-electron chi connectivity index (χ3n) is 9.77. The van der Waals surface area contributed by atoms with E-state index >= 15 is 0 Å². The van der Waals surface area contributed by atoms with Gasteiger partial charge in [0.2, 0.25) is 0 Å².